The molecule has 0 radical (unpaired) electrons. The van der Waals surface area contributed by atoms with Gasteiger partial charge in [0.15, 0.2) is 6.61 Å². The first kappa shape index (κ1) is 18.9. The van der Waals surface area contributed by atoms with Gasteiger partial charge in [0, 0.05) is 10.6 Å². The maximum absolute atomic E-state index is 12.2. The molecule has 0 heterocycles. The van der Waals surface area contributed by atoms with Crippen LogP contribution in [0.15, 0.2) is 36.4 Å². The van der Waals surface area contributed by atoms with E-state index in [-0.39, 0.29) is 18.6 Å². The van der Waals surface area contributed by atoms with Crippen molar-refractivity contribution in [2.75, 3.05) is 20.8 Å². The molecule has 6 heteroatoms. The van der Waals surface area contributed by atoms with Gasteiger partial charge >= 0.3 is 0 Å². The van der Waals surface area contributed by atoms with Gasteiger partial charge in [0.2, 0.25) is 0 Å². The van der Waals surface area contributed by atoms with Gasteiger partial charge in [-0.2, -0.15) is 0 Å². The van der Waals surface area contributed by atoms with Crippen LogP contribution in [0, 0.1) is 6.92 Å². The van der Waals surface area contributed by atoms with Crippen molar-refractivity contribution in [2.24, 2.45) is 0 Å². The summed E-state index contributed by atoms with van der Waals surface area (Å²) >= 11 is 5.91. The molecular formula is C19H22ClNO4. The summed E-state index contributed by atoms with van der Waals surface area (Å²) in [4.78, 5) is 12.2. The maximum Gasteiger partial charge on any atom is 0.258 e. The number of halogens is 1. The van der Waals surface area contributed by atoms with E-state index in [4.69, 9.17) is 25.8 Å². The van der Waals surface area contributed by atoms with Crippen LogP contribution in [-0.2, 0) is 4.79 Å². The Morgan fingerprint density at radius 2 is 1.84 bits per heavy atom. The number of rotatable bonds is 7. The highest BCUT2D eigenvalue weighted by atomic mass is 35.5. The van der Waals surface area contributed by atoms with Gasteiger partial charge in [-0.3, -0.25) is 4.79 Å². The summed E-state index contributed by atoms with van der Waals surface area (Å²) in [7, 11) is 3.18. The number of hydrogen-bond acceptors (Lipinski definition) is 4. The number of carbonyl (C=O) groups is 1. The Morgan fingerprint density at radius 1 is 1.12 bits per heavy atom. The average Bonchev–Trinajstić information content (AvgIpc) is 2.60. The lowest BCUT2D eigenvalue weighted by Gasteiger charge is -2.18. The zero-order chi connectivity index (χ0) is 18.4. The van der Waals surface area contributed by atoms with Crippen LogP contribution in [-0.4, -0.2) is 26.7 Å². The zero-order valence-electron chi connectivity index (χ0n) is 14.8. The summed E-state index contributed by atoms with van der Waals surface area (Å²) in [5.41, 5.74) is 1.71. The molecule has 2 aromatic rings. The molecule has 0 spiro atoms. The fraction of sp³-hybridized carbons (Fsp3) is 0.316. The molecule has 2 rings (SSSR count). The van der Waals surface area contributed by atoms with Crippen molar-refractivity contribution in [1.82, 2.24) is 5.32 Å². The molecule has 0 aromatic heterocycles. The van der Waals surface area contributed by atoms with Gasteiger partial charge in [-0.05, 0) is 55.8 Å². The normalized spacial score (nSPS) is 11.6. The maximum atomic E-state index is 12.2. The molecule has 1 atom stereocenters. The predicted octanol–water partition coefficient (Wildman–Crippen LogP) is 3.92. The van der Waals surface area contributed by atoms with E-state index in [1.807, 2.05) is 32.0 Å². The first-order chi connectivity index (χ1) is 11.9. The quantitative estimate of drug-likeness (QED) is 0.810. The fourth-order valence-corrected chi connectivity index (χ4v) is 2.68. The highest BCUT2D eigenvalue weighted by Crippen LogP contribution is 2.29. The number of methoxy groups -OCH3 is 2. The van der Waals surface area contributed by atoms with Crippen molar-refractivity contribution < 1.29 is 19.0 Å². The Balaban J connectivity index is 2.00. The number of hydrogen-bond donors (Lipinski definition) is 1. The van der Waals surface area contributed by atoms with Crippen LogP contribution >= 0.6 is 11.6 Å². The molecule has 25 heavy (non-hydrogen) atoms. The lowest BCUT2D eigenvalue weighted by Crippen LogP contribution is -2.31. The second kappa shape index (κ2) is 8.62. The largest absolute Gasteiger partial charge is 0.497 e. The van der Waals surface area contributed by atoms with Crippen molar-refractivity contribution in [3.63, 3.8) is 0 Å². The zero-order valence-corrected chi connectivity index (χ0v) is 15.5. The van der Waals surface area contributed by atoms with Crippen LogP contribution in [0.5, 0.6) is 17.2 Å². The minimum absolute atomic E-state index is 0.0842. The lowest BCUT2D eigenvalue weighted by atomic mass is 10.1. The van der Waals surface area contributed by atoms with Crippen LogP contribution in [0.4, 0.5) is 0 Å². The molecule has 134 valence electrons. The van der Waals surface area contributed by atoms with Crippen molar-refractivity contribution >= 4 is 17.5 Å². The number of aryl methyl sites for hydroxylation is 1. The fourth-order valence-electron chi connectivity index (χ4n) is 2.46. The Labute approximate surface area is 152 Å². The van der Waals surface area contributed by atoms with Gasteiger partial charge < -0.3 is 19.5 Å². The van der Waals surface area contributed by atoms with Gasteiger partial charge in [0.05, 0.1) is 20.3 Å². The third-order valence-electron chi connectivity index (χ3n) is 3.78. The van der Waals surface area contributed by atoms with Gasteiger partial charge in [-0.1, -0.05) is 11.6 Å². The van der Waals surface area contributed by atoms with Gasteiger partial charge in [0.25, 0.3) is 5.91 Å². The topological polar surface area (TPSA) is 56.8 Å². The second-order valence-corrected chi connectivity index (χ2v) is 6.03. The average molecular weight is 364 g/mol. The summed E-state index contributed by atoms with van der Waals surface area (Å²) in [6.07, 6.45) is 0. The van der Waals surface area contributed by atoms with Gasteiger partial charge in [-0.25, -0.2) is 0 Å². The Kier molecular flexibility index (Phi) is 6.53. The van der Waals surface area contributed by atoms with E-state index in [9.17, 15) is 4.79 Å². The number of carbonyl (C=O) groups excluding carboxylic acids is 1. The number of benzene rings is 2. The molecule has 0 fully saturated rings. The first-order valence-electron chi connectivity index (χ1n) is 7.84. The molecule has 0 saturated heterocycles. The highest BCUT2D eigenvalue weighted by Gasteiger charge is 2.16. The molecule has 0 bridgehead atoms. The molecule has 1 N–H and O–H groups in total. The minimum Gasteiger partial charge on any atom is -0.497 e. The minimum atomic E-state index is -0.257. The third-order valence-corrected chi connectivity index (χ3v) is 4.01. The second-order valence-electron chi connectivity index (χ2n) is 5.60. The molecule has 1 unspecified atom stereocenters. The molecule has 2 aromatic carbocycles. The smallest absolute Gasteiger partial charge is 0.258 e. The van der Waals surface area contributed by atoms with E-state index in [0.29, 0.717) is 22.3 Å². The first-order valence-corrected chi connectivity index (χ1v) is 8.22. The molecule has 0 saturated carbocycles. The van der Waals surface area contributed by atoms with E-state index < -0.39 is 0 Å². The summed E-state index contributed by atoms with van der Waals surface area (Å²) in [6, 6.07) is 10.5. The van der Waals surface area contributed by atoms with E-state index in [1.54, 1.807) is 32.4 Å². The third kappa shape index (κ3) is 5.03. The van der Waals surface area contributed by atoms with Crippen LogP contribution in [0.3, 0.4) is 0 Å². The summed E-state index contributed by atoms with van der Waals surface area (Å²) < 4.78 is 16.2. The Morgan fingerprint density at radius 3 is 2.48 bits per heavy atom. The van der Waals surface area contributed by atoms with Crippen LogP contribution < -0.4 is 19.5 Å². The molecule has 0 aliphatic carbocycles. The molecule has 5 nitrogen and oxygen atoms in total. The van der Waals surface area contributed by atoms with Crippen molar-refractivity contribution in [3.8, 4) is 17.2 Å². The molecule has 1 amide bonds. The van der Waals surface area contributed by atoms with E-state index in [0.717, 1.165) is 11.1 Å². The van der Waals surface area contributed by atoms with Crippen molar-refractivity contribution in [2.45, 2.75) is 19.9 Å². The van der Waals surface area contributed by atoms with E-state index in [1.165, 1.54) is 0 Å². The predicted molar refractivity (Wildman–Crippen MR) is 97.8 cm³/mol. The molecule has 0 aliphatic heterocycles. The Bertz CT molecular complexity index is 748. The van der Waals surface area contributed by atoms with Crippen molar-refractivity contribution in [3.05, 3.63) is 52.5 Å². The SMILES string of the molecule is COc1ccc(OC)c(C(C)NC(=O)COc2ccc(Cl)cc2C)c1. The van der Waals surface area contributed by atoms with Crippen LogP contribution in [0.2, 0.25) is 5.02 Å². The number of nitrogens with one attached hydrogen (secondary N) is 1. The highest BCUT2D eigenvalue weighted by molar-refractivity contribution is 6.30. The monoisotopic (exact) mass is 363 g/mol. The van der Waals surface area contributed by atoms with Crippen LogP contribution in [0.1, 0.15) is 24.1 Å². The van der Waals surface area contributed by atoms with E-state index in [2.05, 4.69) is 5.32 Å². The number of amides is 1. The Hall–Kier alpha value is -2.40. The van der Waals surface area contributed by atoms with Crippen LogP contribution in [0.25, 0.3) is 0 Å². The number of ether oxygens (including phenoxy) is 3. The summed E-state index contributed by atoms with van der Waals surface area (Å²) in [5, 5.41) is 3.53. The standard InChI is InChI=1S/C19H22ClNO4/c1-12-9-14(20)5-7-17(12)25-11-19(22)21-13(2)16-10-15(23-3)6-8-18(16)24-4/h5-10,13H,11H2,1-4H3,(H,21,22). The van der Waals surface area contributed by atoms with Crippen molar-refractivity contribution in [1.29, 1.82) is 0 Å². The summed E-state index contributed by atoms with van der Waals surface area (Å²) in [6.45, 7) is 3.67. The lowest BCUT2D eigenvalue weighted by molar-refractivity contribution is -0.123. The van der Waals surface area contributed by atoms with E-state index >= 15 is 0 Å². The summed E-state index contributed by atoms with van der Waals surface area (Å²) in [5.74, 6) is 1.78. The van der Waals surface area contributed by atoms with Gasteiger partial charge in [0.1, 0.15) is 17.2 Å². The molecule has 0 aliphatic rings. The van der Waals surface area contributed by atoms with Gasteiger partial charge in [-0.15, -0.1) is 0 Å². The molecular weight excluding hydrogens is 342 g/mol.